The topological polar surface area (TPSA) is 108 Å². The molecule has 0 aliphatic carbocycles. The second kappa shape index (κ2) is 8.96. The van der Waals surface area contributed by atoms with Crippen molar-refractivity contribution >= 4 is 29.2 Å². The minimum atomic E-state index is -5.08. The number of carboxylic acid groups (broad SMARTS) is 1. The van der Waals surface area contributed by atoms with Crippen LogP contribution >= 0.6 is 0 Å². The van der Waals surface area contributed by atoms with Crippen molar-refractivity contribution in [3.05, 3.63) is 35.4 Å². The van der Waals surface area contributed by atoms with Crippen molar-refractivity contribution in [2.45, 2.75) is 38.1 Å². The van der Waals surface area contributed by atoms with Crippen molar-refractivity contribution in [3.63, 3.8) is 0 Å². The van der Waals surface area contributed by atoms with Gasteiger partial charge in [0.25, 0.3) is 0 Å². The van der Waals surface area contributed by atoms with E-state index in [0.717, 1.165) is 31.6 Å². The van der Waals surface area contributed by atoms with E-state index in [9.17, 15) is 22.8 Å². The van der Waals surface area contributed by atoms with Crippen LogP contribution in [0.15, 0.2) is 24.3 Å². The van der Waals surface area contributed by atoms with Gasteiger partial charge in [-0.15, -0.1) is 0 Å². The van der Waals surface area contributed by atoms with Crippen LogP contribution in [0.4, 0.5) is 23.7 Å². The van der Waals surface area contributed by atoms with Crippen molar-refractivity contribution in [2.75, 3.05) is 24.5 Å². The predicted molar refractivity (Wildman–Crippen MR) is 105 cm³/mol. The highest BCUT2D eigenvalue weighted by molar-refractivity contribution is 5.94. The summed E-state index contributed by atoms with van der Waals surface area (Å²) >= 11 is 0. The smallest absolute Gasteiger partial charge is 0.475 e. The van der Waals surface area contributed by atoms with Gasteiger partial charge in [0.15, 0.2) is 0 Å². The van der Waals surface area contributed by atoms with Crippen LogP contribution in [-0.4, -0.2) is 61.0 Å². The van der Waals surface area contributed by atoms with Gasteiger partial charge >= 0.3 is 18.2 Å². The van der Waals surface area contributed by atoms with Crippen LogP contribution in [0.25, 0.3) is 5.57 Å². The van der Waals surface area contributed by atoms with Gasteiger partial charge in [-0.25, -0.2) is 9.59 Å². The summed E-state index contributed by atoms with van der Waals surface area (Å²) in [7, 11) is 0. The fourth-order valence-corrected chi connectivity index (χ4v) is 3.78. The van der Waals surface area contributed by atoms with E-state index in [-0.39, 0.29) is 24.1 Å². The van der Waals surface area contributed by atoms with Crippen LogP contribution in [-0.2, 0) is 20.7 Å². The third-order valence-electron chi connectivity index (χ3n) is 5.21. The summed E-state index contributed by atoms with van der Waals surface area (Å²) in [5.74, 6) is -2.87. The first-order valence-corrected chi connectivity index (χ1v) is 9.65. The number of benzene rings is 1. The number of cyclic esters (lactones) is 1. The first kappa shape index (κ1) is 22.6. The Labute approximate surface area is 176 Å². The number of anilines is 1. The molecule has 0 radical (unpaired) electrons. The minimum absolute atomic E-state index is 0.0309. The van der Waals surface area contributed by atoms with E-state index in [0.29, 0.717) is 6.54 Å². The number of alkyl halides is 3. The molecule has 1 aromatic carbocycles. The van der Waals surface area contributed by atoms with Gasteiger partial charge in [-0.05, 0) is 48.2 Å². The van der Waals surface area contributed by atoms with Gasteiger partial charge in [0.2, 0.25) is 5.91 Å². The highest BCUT2D eigenvalue weighted by atomic mass is 19.4. The summed E-state index contributed by atoms with van der Waals surface area (Å²) in [6, 6.07) is 6.28. The average Bonchev–Trinajstić information content (AvgIpc) is 3.23. The molecule has 0 spiro atoms. The molecule has 8 nitrogen and oxygen atoms in total. The zero-order valence-corrected chi connectivity index (χ0v) is 16.7. The number of carboxylic acids is 1. The first-order valence-electron chi connectivity index (χ1n) is 9.65. The molecule has 2 amide bonds. The van der Waals surface area contributed by atoms with E-state index in [1.54, 1.807) is 4.90 Å². The van der Waals surface area contributed by atoms with Crippen LogP contribution in [0.3, 0.4) is 0 Å². The van der Waals surface area contributed by atoms with Gasteiger partial charge in [0.1, 0.15) is 6.10 Å². The number of nitrogens with zero attached hydrogens (tertiary/aromatic N) is 1. The number of amides is 2. The van der Waals surface area contributed by atoms with Crippen LogP contribution in [0.1, 0.15) is 24.5 Å². The quantitative estimate of drug-likeness (QED) is 0.663. The highest BCUT2D eigenvalue weighted by Crippen LogP contribution is 2.40. The van der Waals surface area contributed by atoms with E-state index >= 15 is 0 Å². The summed E-state index contributed by atoms with van der Waals surface area (Å²) in [6.07, 6.45) is -1.67. The summed E-state index contributed by atoms with van der Waals surface area (Å²) in [6.45, 7) is 3.74. The number of aliphatic carboxylic acids is 1. The molecule has 4 rings (SSSR count). The lowest BCUT2D eigenvalue weighted by Crippen LogP contribution is -2.40. The average molecular weight is 441 g/mol. The Bertz CT molecular complexity index is 916. The number of ether oxygens (including phenoxy) is 1. The molecular weight excluding hydrogens is 419 g/mol. The fraction of sp³-hybridized carbons (Fsp3) is 0.450. The van der Waals surface area contributed by atoms with Gasteiger partial charge in [-0.2, -0.15) is 13.2 Å². The van der Waals surface area contributed by atoms with Crippen molar-refractivity contribution in [1.82, 2.24) is 10.6 Å². The molecule has 3 aliphatic heterocycles. The SMILES string of the molecule is CC(=O)NC[C@@H]1OC(=O)N2c3ccc(C4=CCNCC4)cc3C[C@@H]12.O=C(O)C(F)(F)F. The number of carbonyl (C=O) groups is 3. The molecule has 2 atom stereocenters. The van der Waals surface area contributed by atoms with Gasteiger partial charge in [-0.1, -0.05) is 12.1 Å². The maximum atomic E-state index is 12.2. The number of carbonyl (C=O) groups excluding carboxylic acids is 2. The van der Waals surface area contributed by atoms with E-state index in [1.165, 1.54) is 23.6 Å². The molecule has 0 saturated carbocycles. The van der Waals surface area contributed by atoms with Crippen LogP contribution < -0.4 is 15.5 Å². The molecule has 0 bridgehead atoms. The molecule has 3 N–H and O–H groups in total. The first-order chi connectivity index (χ1) is 14.6. The lowest BCUT2D eigenvalue weighted by molar-refractivity contribution is -0.192. The Hall–Kier alpha value is -3.08. The second-order valence-electron chi connectivity index (χ2n) is 7.33. The number of nitrogens with one attached hydrogen (secondary N) is 2. The Morgan fingerprint density at radius 2 is 2.06 bits per heavy atom. The maximum Gasteiger partial charge on any atom is 0.490 e. The Morgan fingerprint density at radius 3 is 2.65 bits per heavy atom. The monoisotopic (exact) mass is 441 g/mol. The molecule has 0 aromatic heterocycles. The number of halogens is 3. The van der Waals surface area contributed by atoms with E-state index in [2.05, 4.69) is 28.8 Å². The van der Waals surface area contributed by atoms with Gasteiger partial charge in [-0.3, -0.25) is 9.69 Å². The minimum Gasteiger partial charge on any atom is -0.475 e. The van der Waals surface area contributed by atoms with Gasteiger partial charge in [0.05, 0.1) is 18.3 Å². The van der Waals surface area contributed by atoms with Crippen LogP contribution in [0.5, 0.6) is 0 Å². The van der Waals surface area contributed by atoms with Crippen molar-refractivity contribution in [2.24, 2.45) is 0 Å². The molecule has 168 valence electrons. The molecule has 1 fully saturated rings. The largest absolute Gasteiger partial charge is 0.490 e. The molecule has 1 saturated heterocycles. The van der Waals surface area contributed by atoms with Crippen LogP contribution in [0.2, 0.25) is 0 Å². The molecule has 3 aliphatic rings. The summed E-state index contributed by atoms with van der Waals surface area (Å²) < 4.78 is 37.2. The molecular formula is C20H22F3N3O5. The lowest BCUT2D eigenvalue weighted by Gasteiger charge is -2.17. The lowest BCUT2D eigenvalue weighted by atomic mass is 9.96. The molecule has 0 unspecified atom stereocenters. The van der Waals surface area contributed by atoms with Crippen molar-refractivity contribution < 1.29 is 37.4 Å². The van der Waals surface area contributed by atoms with Crippen molar-refractivity contribution in [1.29, 1.82) is 0 Å². The number of hydrogen-bond donors (Lipinski definition) is 3. The maximum absolute atomic E-state index is 12.2. The summed E-state index contributed by atoms with van der Waals surface area (Å²) in [5, 5.41) is 13.2. The Balaban J connectivity index is 0.000000339. The highest BCUT2D eigenvalue weighted by Gasteiger charge is 2.47. The zero-order chi connectivity index (χ0) is 22.8. The third-order valence-corrected chi connectivity index (χ3v) is 5.21. The molecule has 1 aromatic rings. The van der Waals surface area contributed by atoms with Crippen molar-refractivity contribution in [3.8, 4) is 0 Å². The van der Waals surface area contributed by atoms with Gasteiger partial charge < -0.3 is 20.5 Å². The van der Waals surface area contributed by atoms with Crippen LogP contribution in [0, 0.1) is 0 Å². The summed E-state index contributed by atoms with van der Waals surface area (Å²) in [4.78, 5) is 34.0. The number of fused-ring (bicyclic) bond motifs is 3. The van der Waals surface area contributed by atoms with E-state index in [1.807, 2.05) is 6.07 Å². The van der Waals surface area contributed by atoms with E-state index in [4.69, 9.17) is 14.6 Å². The molecule has 3 heterocycles. The predicted octanol–water partition coefficient (Wildman–Crippen LogP) is 2.08. The Morgan fingerprint density at radius 1 is 1.35 bits per heavy atom. The zero-order valence-electron chi connectivity index (χ0n) is 16.7. The van der Waals surface area contributed by atoms with E-state index < -0.39 is 12.1 Å². The van der Waals surface area contributed by atoms with Gasteiger partial charge in [0, 0.05) is 13.5 Å². The molecule has 31 heavy (non-hydrogen) atoms. The second-order valence-corrected chi connectivity index (χ2v) is 7.33. The third kappa shape index (κ3) is 5.16. The summed E-state index contributed by atoms with van der Waals surface area (Å²) in [5.41, 5.74) is 4.72. The number of hydrogen-bond acceptors (Lipinski definition) is 5. The number of rotatable bonds is 3. The fourth-order valence-electron chi connectivity index (χ4n) is 3.78. The molecule has 11 heteroatoms. The normalized spacial score (nSPS) is 21.9. The Kier molecular flexibility index (Phi) is 6.54. The standard InChI is InChI=1S/C18H21N3O3.C2HF3O2/c1-11(22)20-10-17-16-9-14-8-13(12-4-6-19-7-5-12)2-3-15(14)21(16)18(23)24-17;3-2(4,5)1(6)7/h2-4,8,16-17,19H,5-7,9-10H2,1H3,(H,20,22);(H,6,7)/t16-,17-;/m0./s1.